The van der Waals surface area contributed by atoms with Crippen molar-refractivity contribution < 1.29 is 0 Å². The van der Waals surface area contributed by atoms with Gasteiger partial charge in [-0.25, -0.2) is 0 Å². The number of benzene rings is 1. The highest BCUT2D eigenvalue weighted by molar-refractivity contribution is 6.30. The molecule has 0 amide bonds. The molecule has 3 heteroatoms. The standard InChI is InChI=1S/C13H13ClN2/c1-4-13(9(2)3)11-7-10(14)5-6-12(11)15-8-16-13/h1,5-9H,2-3H3,(H,15,16). The fraction of sp³-hybridized carbons (Fsp3) is 0.308. The van der Waals surface area contributed by atoms with Gasteiger partial charge in [0, 0.05) is 16.3 Å². The van der Waals surface area contributed by atoms with Gasteiger partial charge in [0.25, 0.3) is 0 Å². The summed E-state index contributed by atoms with van der Waals surface area (Å²) >= 11 is 6.02. The van der Waals surface area contributed by atoms with Crippen LogP contribution in [0.4, 0.5) is 5.69 Å². The summed E-state index contributed by atoms with van der Waals surface area (Å²) in [6.07, 6.45) is 7.33. The van der Waals surface area contributed by atoms with Crippen molar-refractivity contribution in [1.82, 2.24) is 0 Å². The van der Waals surface area contributed by atoms with Crippen LogP contribution in [0.5, 0.6) is 0 Å². The van der Waals surface area contributed by atoms with E-state index in [1.807, 2.05) is 18.2 Å². The highest BCUT2D eigenvalue weighted by Gasteiger charge is 2.36. The van der Waals surface area contributed by atoms with Crippen molar-refractivity contribution in [2.75, 3.05) is 5.32 Å². The van der Waals surface area contributed by atoms with Gasteiger partial charge in [-0.1, -0.05) is 31.4 Å². The lowest BCUT2D eigenvalue weighted by molar-refractivity contribution is 0.418. The maximum Gasteiger partial charge on any atom is 0.151 e. The van der Waals surface area contributed by atoms with Crippen molar-refractivity contribution in [3.63, 3.8) is 0 Å². The summed E-state index contributed by atoms with van der Waals surface area (Å²) in [6, 6.07) is 5.66. The number of nitrogens with one attached hydrogen (secondary N) is 1. The molecule has 1 aliphatic rings. The summed E-state index contributed by atoms with van der Waals surface area (Å²) in [6.45, 7) is 4.13. The molecule has 82 valence electrons. The molecule has 0 radical (unpaired) electrons. The molecular formula is C13H13ClN2. The molecule has 2 nitrogen and oxygen atoms in total. The minimum Gasteiger partial charge on any atom is -0.346 e. The number of nitrogens with zero attached hydrogens (tertiary/aromatic N) is 1. The van der Waals surface area contributed by atoms with Gasteiger partial charge in [-0.15, -0.1) is 6.42 Å². The molecule has 0 fully saturated rings. The Morgan fingerprint density at radius 2 is 2.25 bits per heavy atom. The normalized spacial score (nSPS) is 22.4. The molecule has 1 heterocycles. The van der Waals surface area contributed by atoms with Crippen LogP contribution in [0.15, 0.2) is 23.2 Å². The second kappa shape index (κ2) is 3.84. The van der Waals surface area contributed by atoms with E-state index in [0.717, 1.165) is 11.3 Å². The van der Waals surface area contributed by atoms with E-state index in [1.165, 1.54) is 0 Å². The molecule has 0 aromatic heterocycles. The Kier molecular flexibility index (Phi) is 2.65. The Morgan fingerprint density at radius 3 is 2.88 bits per heavy atom. The average molecular weight is 233 g/mol. The monoisotopic (exact) mass is 232 g/mol. The Labute approximate surface area is 101 Å². The summed E-state index contributed by atoms with van der Waals surface area (Å²) < 4.78 is 0. The topological polar surface area (TPSA) is 24.4 Å². The first-order chi connectivity index (χ1) is 7.60. The van der Waals surface area contributed by atoms with Crippen LogP contribution in [0.3, 0.4) is 0 Å². The van der Waals surface area contributed by atoms with Gasteiger partial charge in [0.15, 0.2) is 5.54 Å². The Hall–Kier alpha value is -1.46. The van der Waals surface area contributed by atoms with Gasteiger partial charge in [0.1, 0.15) is 0 Å². The number of fused-ring (bicyclic) bond motifs is 1. The fourth-order valence-corrected chi connectivity index (χ4v) is 2.14. The van der Waals surface area contributed by atoms with Gasteiger partial charge in [0.05, 0.1) is 6.34 Å². The van der Waals surface area contributed by atoms with Crippen LogP contribution in [-0.4, -0.2) is 6.34 Å². The molecule has 1 atom stereocenters. The van der Waals surface area contributed by atoms with E-state index in [-0.39, 0.29) is 5.92 Å². The third-order valence-electron chi connectivity index (χ3n) is 2.94. The van der Waals surface area contributed by atoms with Crippen LogP contribution >= 0.6 is 11.6 Å². The molecule has 0 saturated carbocycles. The number of terminal acetylenes is 1. The van der Waals surface area contributed by atoms with Crippen LogP contribution in [0.2, 0.25) is 5.02 Å². The number of hydrogen-bond acceptors (Lipinski definition) is 2. The number of rotatable bonds is 1. The second-order valence-corrected chi connectivity index (χ2v) is 4.59. The predicted octanol–water partition coefficient (Wildman–Crippen LogP) is 3.28. The fourth-order valence-electron chi connectivity index (χ4n) is 1.97. The van der Waals surface area contributed by atoms with Crippen LogP contribution < -0.4 is 5.32 Å². The van der Waals surface area contributed by atoms with Crippen molar-refractivity contribution in [2.45, 2.75) is 19.4 Å². The smallest absolute Gasteiger partial charge is 0.151 e. The zero-order valence-electron chi connectivity index (χ0n) is 9.29. The van der Waals surface area contributed by atoms with Crippen LogP contribution in [0.25, 0.3) is 0 Å². The third kappa shape index (κ3) is 1.48. The quantitative estimate of drug-likeness (QED) is 0.739. The molecule has 0 saturated heterocycles. The van der Waals surface area contributed by atoms with Crippen molar-refractivity contribution in [2.24, 2.45) is 10.9 Å². The van der Waals surface area contributed by atoms with E-state index in [9.17, 15) is 0 Å². The number of halogens is 1. The lowest BCUT2D eigenvalue weighted by Gasteiger charge is -2.33. The molecule has 16 heavy (non-hydrogen) atoms. The van der Waals surface area contributed by atoms with Crippen LogP contribution in [0, 0.1) is 18.3 Å². The van der Waals surface area contributed by atoms with Crippen LogP contribution in [-0.2, 0) is 5.54 Å². The third-order valence-corrected chi connectivity index (χ3v) is 3.17. The molecule has 0 spiro atoms. The minimum atomic E-state index is -0.606. The first kappa shape index (κ1) is 11.0. The van der Waals surface area contributed by atoms with E-state index >= 15 is 0 Å². The zero-order valence-corrected chi connectivity index (χ0v) is 10.0. The van der Waals surface area contributed by atoms with E-state index in [2.05, 4.69) is 30.1 Å². The SMILES string of the molecule is C#CC1(C(C)C)N=CNc2ccc(Cl)cc21. The molecule has 1 unspecified atom stereocenters. The summed E-state index contributed by atoms with van der Waals surface area (Å²) in [7, 11) is 0. The second-order valence-electron chi connectivity index (χ2n) is 4.16. The van der Waals surface area contributed by atoms with Crippen molar-refractivity contribution in [3.05, 3.63) is 28.8 Å². The number of aliphatic imine (C=N–C) groups is 1. The first-order valence-corrected chi connectivity index (χ1v) is 5.56. The molecule has 2 rings (SSSR count). The van der Waals surface area contributed by atoms with E-state index in [1.54, 1.807) is 6.34 Å². The highest BCUT2D eigenvalue weighted by atomic mass is 35.5. The largest absolute Gasteiger partial charge is 0.346 e. The Bertz CT molecular complexity index is 485. The summed E-state index contributed by atoms with van der Waals surface area (Å²) in [5, 5.41) is 3.77. The van der Waals surface area contributed by atoms with E-state index in [4.69, 9.17) is 18.0 Å². The van der Waals surface area contributed by atoms with Gasteiger partial charge >= 0.3 is 0 Å². The predicted molar refractivity (Wildman–Crippen MR) is 68.9 cm³/mol. The van der Waals surface area contributed by atoms with Gasteiger partial charge in [0.2, 0.25) is 0 Å². The Balaban J connectivity index is 2.67. The van der Waals surface area contributed by atoms with E-state index < -0.39 is 5.54 Å². The highest BCUT2D eigenvalue weighted by Crippen LogP contribution is 2.40. The summed E-state index contributed by atoms with van der Waals surface area (Å²) in [4.78, 5) is 4.43. The zero-order chi connectivity index (χ0) is 11.8. The average Bonchev–Trinajstić information content (AvgIpc) is 2.27. The first-order valence-electron chi connectivity index (χ1n) is 5.18. The van der Waals surface area contributed by atoms with Gasteiger partial charge in [-0.3, -0.25) is 4.99 Å². The maximum absolute atomic E-state index is 6.02. The van der Waals surface area contributed by atoms with Crippen molar-refractivity contribution in [1.29, 1.82) is 0 Å². The van der Waals surface area contributed by atoms with Crippen LogP contribution in [0.1, 0.15) is 19.4 Å². The van der Waals surface area contributed by atoms with Crippen molar-refractivity contribution >= 4 is 23.6 Å². The van der Waals surface area contributed by atoms with E-state index in [0.29, 0.717) is 5.02 Å². The van der Waals surface area contributed by atoms with Gasteiger partial charge < -0.3 is 5.32 Å². The molecule has 0 aliphatic carbocycles. The molecule has 0 bridgehead atoms. The summed E-state index contributed by atoms with van der Waals surface area (Å²) in [5.74, 6) is 3.02. The Morgan fingerprint density at radius 1 is 1.50 bits per heavy atom. The number of hydrogen-bond donors (Lipinski definition) is 1. The lowest BCUT2D eigenvalue weighted by Crippen LogP contribution is -2.32. The number of anilines is 1. The molecule has 1 aromatic carbocycles. The molecular weight excluding hydrogens is 220 g/mol. The lowest BCUT2D eigenvalue weighted by atomic mass is 9.79. The van der Waals surface area contributed by atoms with Crippen molar-refractivity contribution in [3.8, 4) is 12.3 Å². The summed E-state index contributed by atoms with van der Waals surface area (Å²) in [5.41, 5.74) is 1.34. The molecule has 1 N–H and O–H groups in total. The maximum atomic E-state index is 6.02. The molecule has 1 aliphatic heterocycles. The van der Waals surface area contributed by atoms with Gasteiger partial charge in [-0.2, -0.15) is 0 Å². The minimum absolute atomic E-state index is 0.216. The molecule has 1 aromatic rings. The van der Waals surface area contributed by atoms with Gasteiger partial charge in [-0.05, 0) is 24.1 Å².